The molecule has 0 saturated heterocycles. The highest BCUT2D eigenvalue weighted by Crippen LogP contribution is 2.23. The van der Waals surface area contributed by atoms with Crippen LogP contribution in [0.2, 0.25) is 5.02 Å². The van der Waals surface area contributed by atoms with Gasteiger partial charge in [-0.2, -0.15) is 0 Å². The standard InChI is InChI=1S/C28H40ClN3O4S/c1-7-26(28(34)30-18-20(2)3)31(19-23-11-8-9-12-25(23)29)27(33)13-10-16-32(37(6,35)36)24-15-14-21(4)22(5)17-24/h8-9,11-12,14-15,17,20,26H,7,10,13,16,18-19H2,1-6H3,(H,30,34)/t26-/m0/s1. The normalized spacial score (nSPS) is 12.3. The Hall–Kier alpha value is -2.58. The molecule has 1 atom stereocenters. The molecule has 0 radical (unpaired) electrons. The molecule has 0 aliphatic heterocycles. The third-order valence-electron chi connectivity index (χ3n) is 6.30. The molecular weight excluding hydrogens is 510 g/mol. The lowest BCUT2D eigenvalue weighted by Crippen LogP contribution is -2.49. The number of nitrogens with zero attached hydrogens (tertiary/aromatic N) is 2. The Kier molecular flexibility index (Phi) is 11.4. The molecule has 2 aromatic carbocycles. The number of hydrogen-bond donors (Lipinski definition) is 1. The van der Waals surface area contributed by atoms with E-state index in [-0.39, 0.29) is 37.2 Å². The van der Waals surface area contributed by atoms with Crippen molar-refractivity contribution in [3.8, 4) is 0 Å². The lowest BCUT2D eigenvalue weighted by Gasteiger charge is -2.31. The van der Waals surface area contributed by atoms with E-state index in [0.29, 0.717) is 30.1 Å². The molecule has 0 saturated carbocycles. The minimum atomic E-state index is -3.54. The first-order valence-electron chi connectivity index (χ1n) is 12.7. The van der Waals surface area contributed by atoms with Crippen molar-refractivity contribution in [2.75, 3.05) is 23.7 Å². The fraction of sp³-hybridized carbons (Fsp3) is 0.500. The molecular formula is C28H40ClN3O4S. The summed E-state index contributed by atoms with van der Waals surface area (Å²) in [6, 6.07) is 12.1. The number of benzene rings is 2. The van der Waals surface area contributed by atoms with E-state index in [1.165, 1.54) is 10.6 Å². The monoisotopic (exact) mass is 549 g/mol. The predicted molar refractivity (Wildman–Crippen MR) is 151 cm³/mol. The number of carbonyl (C=O) groups is 2. The van der Waals surface area contributed by atoms with Crippen LogP contribution in [0, 0.1) is 19.8 Å². The number of halogens is 1. The van der Waals surface area contributed by atoms with Crippen LogP contribution in [0.5, 0.6) is 0 Å². The van der Waals surface area contributed by atoms with Gasteiger partial charge in [-0.05, 0) is 67.5 Å². The van der Waals surface area contributed by atoms with Crippen LogP contribution >= 0.6 is 11.6 Å². The number of anilines is 1. The third-order valence-corrected chi connectivity index (χ3v) is 7.86. The summed E-state index contributed by atoms with van der Waals surface area (Å²) in [5.74, 6) is -0.147. The smallest absolute Gasteiger partial charge is 0.242 e. The summed E-state index contributed by atoms with van der Waals surface area (Å²) >= 11 is 6.38. The van der Waals surface area contributed by atoms with Crippen LogP contribution in [0.1, 0.15) is 56.7 Å². The van der Waals surface area contributed by atoms with Crippen LogP contribution in [0.15, 0.2) is 42.5 Å². The molecule has 0 heterocycles. The molecule has 0 fully saturated rings. The molecule has 7 nitrogen and oxygen atoms in total. The van der Waals surface area contributed by atoms with Gasteiger partial charge in [0.2, 0.25) is 21.8 Å². The average molecular weight is 550 g/mol. The first kappa shape index (κ1) is 30.6. The number of amides is 2. The maximum atomic E-state index is 13.5. The second-order valence-electron chi connectivity index (χ2n) is 9.88. The second kappa shape index (κ2) is 13.8. The Morgan fingerprint density at radius 2 is 1.73 bits per heavy atom. The molecule has 2 aromatic rings. The molecule has 1 N–H and O–H groups in total. The van der Waals surface area contributed by atoms with Crippen molar-refractivity contribution in [1.29, 1.82) is 0 Å². The zero-order valence-corrected chi connectivity index (χ0v) is 24.3. The topological polar surface area (TPSA) is 86.8 Å². The van der Waals surface area contributed by atoms with Gasteiger partial charge < -0.3 is 10.2 Å². The van der Waals surface area contributed by atoms with Crippen molar-refractivity contribution >= 4 is 39.1 Å². The van der Waals surface area contributed by atoms with Gasteiger partial charge in [0.1, 0.15) is 6.04 Å². The summed E-state index contributed by atoms with van der Waals surface area (Å²) in [4.78, 5) is 28.1. The first-order valence-corrected chi connectivity index (χ1v) is 14.9. The Morgan fingerprint density at radius 1 is 1.05 bits per heavy atom. The highest BCUT2D eigenvalue weighted by atomic mass is 35.5. The quantitative estimate of drug-likeness (QED) is 0.377. The predicted octanol–water partition coefficient (Wildman–Crippen LogP) is 5.08. The molecule has 9 heteroatoms. The summed E-state index contributed by atoms with van der Waals surface area (Å²) in [5, 5.41) is 3.46. The molecule has 0 bridgehead atoms. The largest absolute Gasteiger partial charge is 0.354 e. The van der Waals surface area contributed by atoms with E-state index in [2.05, 4.69) is 5.32 Å². The number of hydrogen-bond acceptors (Lipinski definition) is 4. The summed E-state index contributed by atoms with van der Waals surface area (Å²) in [6.07, 6.45) is 2.01. The van der Waals surface area contributed by atoms with E-state index in [4.69, 9.17) is 11.6 Å². The van der Waals surface area contributed by atoms with Crippen molar-refractivity contribution in [1.82, 2.24) is 10.2 Å². The number of nitrogens with one attached hydrogen (secondary N) is 1. The van der Waals surface area contributed by atoms with Gasteiger partial charge in [-0.1, -0.05) is 56.6 Å². The fourth-order valence-corrected chi connectivity index (χ4v) is 5.19. The van der Waals surface area contributed by atoms with Crippen LogP contribution in [-0.4, -0.2) is 50.5 Å². The van der Waals surface area contributed by atoms with Crippen LogP contribution in [0.3, 0.4) is 0 Å². The second-order valence-corrected chi connectivity index (χ2v) is 12.2. The SMILES string of the molecule is CC[C@@H](C(=O)NCC(C)C)N(Cc1ccccc1Cl)C(=O)CCCN(c1ccc(C)c(C)c1)S(C)(=O)=O. The molecule has 0 spiro atoms. The van der Waals surface area contributed by atoms with Crippen molar-refractivity contribution in [2.24, 2.45) is 5.92 Å². The van der Waals surface area contributed by atoms with Gasteiger partial charge in [0, 0.05) is 31.1 Å². The van der Waals surface area contributed by atoms with Crippen LogP contribution in [0.4, 0.5) is 5.69 Å². The summed E-state index contributed by atoms with van der Waals surface area (Å²) in [5.41, 5.74) is 3.39. The van der Waals surface area contributed by atoms with E-state index in [1.54, 1.807) is 17.0 Å². The van der Waals surface area contributed by atoms with Crippen LogP contribution < -0.4 is 9.62 Å². The lowest BCUT2D eigenvalue weighted by atomic mass is 10.1. The molecule has 2 amide bonds. The van der Waals surface area contributed by atoms with Crippen molar-refractivity contribution < 1.29 is 18.0 Å². The van der Waals surface area contributed by atoms with Gasteiger partial charge in [0.15, 0.2) is 0 Å². The molecule has 37 heavy (non-hydrogen) atoms. The Balaban J connectivity index is 2.24. The van der Waals surface area contributed by atoms with E-state index < -0.39 is 16.1 Å². The fourth-order valence-electron chi connectivity index (χ4n) is 4.04. The van der Waals surface area contributed by atoms with Gasteiger partial charge in [0.25, 0.3) is 0 Å². The minimum Gasteiger partial charge on any atom is -0.354 e. The van der Waals surface area contributed by atoms with Crippen molar-refractivity contribution in [2.45, 2.75) is 66.5 Å². The maximum absolute atomic E-state index is 13.5. The van der Waals surface area contributed by atoms with E-state index >= 15 is 0 Å². The summed E-state index contributed by atoms with van der Waals surface area (Å²) < 4.78 is 26.4. The number of carbonyl (C=O) groups excluding carboxylic acids is 2. The van der Waals surface area contributed by atoms with Gasteiger partial charge >= 0.3 is 0 Å². The molecule has 0 aliphatic rings. The van der Waals surface area contributed by atoms with E-state index in [0.717, 1.165) is 16.7 Å². The van der Waals surface area contributed by atoms with Crippen molar-refractivity contribution in [3.63, 3.8) is 0 Å². The van der Waals surface area contributed by atoms with Gasteiger partial charge in [-0.3, -0.25) is 13.9 Å². The molecule has 0 unspecified atom stereocenters. The van der Waals surface area contributed by atoms with Crippen LogP contribution in [-0.2, 0) is 26.2 Å². The first-order chi connectivity index (χ1) is 17.3. The Labute approximate surface area is 227 Å². The summed E-state index contributed by atoms with van der Waals surface area (Å²) in [7, 11) is -3.54. The maximum Gasteiger partial charge on any atom is 0.242 e. The zero-order chi connectivity index (χ0) is 27.8. The number of sulfonamides is 1. The van der Waals surface area contributed by atoms with Crippen molar-refractivity contribution in [3.05, 3.63) is 64.2 Å². The highest BCUT2D eigenvalue weighted by molar-refractivity contribution is 7.92. The molecule has 0 aliphatic carbocycles. The van der Waals surface area contributed by atoms with Gasteiger partial charge in [-0.15, -0.1) is 0 Å². The lowest BCUT2D eigenvalue weighted by molar-refractivity contribution is -0.141. The molecule has 2 rings (SSSR count). The van der Waals surface area contributed by atoms with E-state index in [9.17, 15) is 18.0 Å². The Morgan fingerprint density at radius 3 is 2.30 bits per heavy atom. The van der Waals surface area contributed by atoms with Gasteiger partial charge in [-0.25, -0.2) is 8.42 Å². The zero-order valence-electron chi connectivity index (χ0n) is 22.8. The van der Waals surface area contributed by atoms with Gasteiger partial charge in [0.05, 0.1) is 11.9 Å². The molecule has 0 aromatic heterocycles. The highest BCUT2D eigenvalue weighted by Gasteiger charge is 2.29. The third kappa shape index (κ3) is 9.04. The average Bonchev–Trinajstić information content (AvgIpc) is 2.82. The van der Waals surface area contributed by atoms with Crippen LogP contribution in [0.25, 0.3) is 0 Å². The Bertz CT molecular complexity index is 1180. The summed E-state index contributed by atoms with van der Waals surface area (Å²) in [6.45, 7) is 10.7. The number of rotatable bonds is 13. The number of aryl methyl sites for hydroxylation is 2. The molecule has 204 valence electrons. The van der Waals surface area contributed by atoms with E-state index in [1.807, 2.05) is 65.0 Å². The minimum absolute atomic E-state index is 0.0925.